The fraction of sp³-hybridized carbons (Fsp3) is 0.273. The summed E-state index contributed by atoms with van der Waals surface area (Å²) in [6, 6.07) is 20.5. The summed E-state index contributed by atoms with van der Waals surface area (Å²) in [7, 11) is -3.58. The average Bonchev–Trinajstić information content (AvgIpc) is 2.76. The molecule has 1 aliphatic heterocycles. The first-order valence-corrected chi connectivity index (χ1v) is 11.1. The quantitative estimate of drug-likeness (QED) is 0.643. The Kier molecular flexibility index (Phi) is 5.60. The zero-order valence-corrected chi connectivity index (χ0v) is 17.0. The molecule has 6 nitrogen and oxygen atoms in total. The van der Waals surface area contributed by atoms with E-state index in [0.29, 0.717) is 23.9 Å². The Hall–Kier alpha value is -2.77. The predicted molar refractivity (Wildman–Crippen MR) is 111 cm³/mol. The molecule has 0 saturated carbocycles. The van der Waals surface area contributed by atoms with E-state index >= 15 is 0 Å². The fourth-order valence-corrected chi connectivity index (χ4v) is 4.95. The van der Waals surface area contributed by atoms with E-state index in [-0.39, 0.29) is 6.10 Å². The SMILES string of the molecule is Cc1ccc(OC2CCCN(S(=O)(=O)c3ccc(-c4ccccc4)cc3)C2)nn1. The van der Waals surface area contributed by atoms with E-state index < -0.39 is 10.0 Å². The first-order chi connectivity index (χ1) is 14.0. The molecule has 1 saturated heterocycles. The van der Waals surface area contributed by atoms with Crippen LogP contribution < -0.4 is 4.74 Å². The molecular weight excluding hydrogens is 386 g/mol. The number of rotatable bonds is 5. The summed E-state index contributed by atoms with van der Waals surface area (Å²) < 4.78 is 33.6. The minimum atomic E-state index is -3.58. The normalized spacial score (nSPS) is 17.8. The number of sulfonamides is 1. The summed E-state index contributed by atoms with van der Waals surface area (Å²) in [5, 5.41) is 8.00. The van der Waals surface area contributed by atoms with Gasteiger partial charge in [0.05, 0.1) is 17.1 Å². The second-order valence-corrected chi connectivity index (χ2v) is 9.09. The number of nitrogens with zero attached hydrogens (tertiary/aromatic N) is 3. The molecule has 150 valence electrons. The van der Waals surface area contributed by atoms with Crippen molar-refractivity contribution in [1.82, 2.24) is 14.5 Å². The highest BCUT2D eigenvalue weighted by Crippen LogP contribution is 2.25. The predicted octanol–water partition coefficient (Wildman–Crippen LogP) is 3.68. The van der Waals surface area contributed by atoms with E-state index in [1.54, 1.807) is 18.2 Å². The fourth-order valence-electron chi connectivity index (χ4n) is 3.44. The molecule has 7 heteroatoms. The van der Waals surface area contributed by atoms with Crippen molar-refractivity contribution in [3.05, 3.63) is 72.4 Å². The van der Waals surface area contributed by atoms with Gasteiger partial charge in [0.15, 0.2) is 0 Å². The maximum absolute atomic E-state index is 13.1. The molecule has 1 aliphatic rings. The van der Waals surface area contributed by atoms with Gasteiger partial charge in [-0.05, 0) is 49.1 Å². The maximum Gasteiger partial charge on any atom is 0.243 e. The van der Waals surface area contributed by atoms with Gasteiger partial charge in [-0.2, -0.15) is 9.40 Å². The van der Waals surface area contributed by atoms with Gasteiger partial charge < -0.3 is 4.74 Å². The molecule has 0 amide bonds. The first kappa shape index (κ1) is 19.5. The van der Waals surface area contributed by atoms with Crippen LogP contribution in [0.25, 0.3) is 11.1 Å². The largest absolute Gasteiger partial charge is 0.472 e. The summed E-state index contributed by atoms with van der Waals surface area (Å²) in [6.45, 7) is 2.65. The third-order valence-corrected chi connectivity index (χ3v) is 6.88. The number of hydrogen-bond donors (Lipinski definition) is 0. The summed E-state index contributed by atoms with van der Waals surface area (Å²) in [5.41, 5.74) is 2.86. The highest BCUT2D eigenvalue weighted by Gasteiger charge is 2.31. The van der Waals surface area contributed by atoms with Crippen LogP contribution in [0.3, 0.4) is 0 Å². The lowest BCUT2D eigenvalue weighted by atomic mass is 10.1. The van der Waals surface area contributed by atoms with Gasteiger partial charge in [0, 0.05) is 12.6 Å². The van der Waals surface area contributed by atoms with E-state index in [9.17, 15) is 8.42 Å². The number of benzene rings is 2. The zero-order chi connectivity index (χ0) is 20.3. The third-order valence-electron chi connectivity index (χ3n) is 5.00. The summed E-state index contributed by atoms with van der Waals surface area (Å²) in [6.07, 6.45) is 1.29. The number of ether oxygens (including phenoxy) is 1. The molecule has 0 spiro atoms. The molecule has 4 rings (SSSR count). The Morgan fingerprint density at radius 1 is 0.931 bits per heavy atom. The molecule has 1 unspecified atom stereocenters. The van der Waals surface area contributed by atoms with Crippen molar-refractivity contribution in [1.29, 1.82) is 0 Å². The van der Waals surface area contributed by atoms with Crippen molar-refractivity contribution in [2.45, 2.75) is 30.8 Å². The Morgan fingerprint density at radius 3 is 2.34 bits per heavy atom. The van der Waals surface area contributed by atoms with Gasteiger partial charge in [-0.1, -0.05) is 42.5 Å². The van der Waals surface area contributed by atoms with Crippen LogP contribution in [0.2, 0.25) is 0 Å². The van der Waals surface area contributed by atoms with Crippen LogP contribution in [0, 0.1) is 6.92 Å². The molecule has 1 atom stereocenters. The van der Waals surface area contributed by atoms with Gasteiger partial charge in [0.1, 0.15) is 6.10 Å². The van der Waals surface area contributed by atoms with Crippen LogP contribution >= 0.6 is 0 Å². The molecule has 1 aromatic heterocycles. The van der Waals surface area contributed by atoms with Crippen LogP contribution in [-0.4, -0.2) is 42.1 Å². The second-order valence-electron chi connectivity index (χ2n) is 7.15. The van der Waals surface area contributed by atoms with Gasteiger partial charge in [-0.25, -0.2) is 8.42 Å². The molecule has 2 aromatic carbocycles. The Bertz CT molecular complexity index is 1050. The van der Waals surface area contributed by atoms with Crippen LogP contribution in [0.5, 0.6) is 5.88 Å². The van der Waals surface area contributed by atoms with Gasteiger partial charge in [0.25, 0.3) is 0 Å². The van der Waals surface area contributed by atoms with Crippen molar-refractivity contribution < 1.29 is 13.2 Å². The van der Waals surface area contributed by atoms with Crippen molar-refractivity contribution in [2.24, 2.45) is 0 Å². The van der Waals surface area contributed by atoms with Gasteiger partial charge in [-0.3, -0.25) is 0 Å². The molecule has 29 heavy (non-hydrogen) atoms. The van der Waals surface area contributed by atoms with Gasteiger partial charge in [0.2, 0.25) is 15.9 Å². The molecule has 0 N–H and O–H groups in total. The third kappa shape index (κ3) is 4.46. The molecule has 0 aliphatic carbocycles. The molecule has 2 heterocycles. The monoisotopic (exact) mass is 409 g/mol. The molecule has 0 bridgehead atoms. The lowest BCUT2D eigenvalue weighted by Crippen LogP contribution is -2.44. The highest BCUT2D eigenvalue weighted by atomic mass is 32.2. The van der Waals surface area contributed by atoms with Gasteiger partial charge >= 0.3 is 0 Å². The van der Waals surface area contributed by atoms with E-state index in [0.717, 1.165) is 29.7 Å². The van der Waals surface area contributed by atoms with E-state index in [1.165, 1.54) is 4.31 Å². The Morgan fingerprint density at radius 2 is 1.66 bits per heavy atom. The van der Waals surface area contributed by atoms with Crippen LogP contribution in [0.4, 0.5) is 0 Å². The van der Waals surface area contributed by atoms with Crippen molar-refractivity contribution in [3.63, 3.8) is 0 Å². The van der Waals surface area contributed by atoms with Crippen molar-refractivity contribution >= 4 is 10.0 Å². The lowest BCUT2D eigenvalue weighted by molar-refractivity contribution is 0.123. The van der Waals surface area contributed by atoms with Crippen LogP contribution in [-0.2, 0) is 10.0 Å². The molecular formula is C22H23N3O3S. The average molecular weight is 410 g/mol. The van der Waals surface area contributed by atoms with E-state index in [2.05, 4.69) is 10.2 Å². The maximum atomic E-state index is 13.1. The first-order valence-electron chi connectivity index (χ1n) is 9.65. The van der Waals surface area contributed by atoms with E-state index in [4.69, 9.17) is 4.74 Å². The Balaban J connectivity index is 1.48. The van der Waals surface area contributed by atoms with Gasteiger partial charge in [-0.15, -0.1) is 5.10 Å². The topological polar surface area (TPSA) is 72.4 Å². The summed E-state index contributed by atoms with van der Waals surface area (Å²) in [5.74, 6) is 0.423. The number of hydrogen-bond acceptors (Lipinski definition) is 5. The van der Waals surface area contributed by atoms with Crippen LogP contribution in [0.15, 0.2) is 71.6 Å². The lowest BCUT2D eigenvalue weighted by Gasteiger charge is -2.31. The number of piperidine rings is 1. The minimum Gasteiger partial charge on any atom is -0.472 e. The summed E-state index contributed by atoms with van der Waals surface area (Å²) in [4.78, 5) is 0.299. The zero-order valence-electron chi connectivity index (χ0n) is 16.2. The summed E-state index contributed by atoms with van der Waals surface area (Å²) >= 11 is 0. The molecule has 0 radical (unpaired) electrons. The number of aryl methyl sites for hydroxylation is 1. The Labute approximate surface area is 171 Å². The smallest absolute Gasteiger partial charge is 0.243 e. The van der Waals surface area contributed by atoms with Crippen molar-refractivity contribution in [2.75, 3.05) is 13.1 Å². The standard InChI is InChI=1S/C22H23N3O3S/c1-17-9-14-22(24-23-17)28-20-8-5-15-25(16-20)29(26,27)21-12-10-19(11-13-21)18-6-3-2-4-7-18/h2-4,6-7,9-14,20H,5,8,15-16H2,1H3. The molecule has 3 aromatic rings. The second kappa shape index (κ2) is 8.31. The number of aromatic nitrogens is 2. The van der Waals surface area contributed by atoms with Crippen LogP contribution in [0.1, 0.15) is 18.5 Å². The minimum absolute atomic E-state index is 0.237. The molecule has 1 fully saturated rings. The highest BCUT2D eigenvalue weighted by molar-refractivity contribution is 7.89. The van der Waals surface area contributed by atoms with E-state index in [1.807, 2.05) is 55.5 Å². The van der Waals surface area contributed by atoms with Crippen molar-refractivity contribution in [3.8, 4) is 17.0 Å².